The molecule has 0 aromatic heterocycles. The molecule has 2 N–H and O–H groups in total. The highest BCUT2D eigenvalue weighted by molar-refractivity contribution is 7.39. The van der Waals surface area contributed by atoms with Gasteiger partial charge in [-0.15, -0.1) is 0 Å². The first-order valence-corrected chi connectivity index (χ1v) is 3.43. The van der Waals surface area contributed by atoms with Gasteiger partial charge in [-0.1, -0.05) is 6.92 Å². The molecule has 0 aromatic rings. The molecule has 48 valence electrons. The first-order valence-electron chi connectivity index (χ1n) is 2.27. The van der Waals surface area contributed by atoms with Crippen LogP contribution < -0.4 is 0 Å². The number of hydrogen-bond donors (Lipinski definition) is 2. The number of rotatable bonds is 3. The standard InChI is InChI=1S/C4H9O3P/c1-2-3-4-7-8(5)6/h3-6H,2H2,1H3. The van der Waals surface area contributed by atoms with Gasteiger partial charge in [-0.2, -0.15) is 0 Å². The van der Waals surface area contributed by atoms with Crippen LogP contribution in [-0.4, -0.2) is 9.79 Å². The maximum Gasteiger partial charge on any atom is 0.390 e. The van der Waals surface area contributed by atoms with Crippen molar-refractivity contribution in [2.75, 3.05) is 0 Å². The van der Waals surface area contributed by atoms with Crippen LogP contribution in [0.25, 0.3) is 0 Å². The molecular formula is C4H9O3P. The molecule has 0 aliphatic heterocycles. The molecule has 0 aliphatic rings. The monoisotopic (exact) mass is 136 g/mol. The van der Waals surface area contributed by atoms with E-state index in [-0.39, 0.29) is 0 Å². The molecule has 0 aromatic carbocycles. The van der Waals surface area contributed by atoms with Crippen LogP contribution in [0.3, 0.4) is 0 Å². The van der Waals surface area contributed by atoms with Crippen molar-refractivity contribution < 1.29 is 14.3 Å². The highest BCUT2D eigenvalue weighted by atomic mass is 31.2. The van der Waals surface area contributed by atoms with Crippen LogP contribution in [0.5, 0.6) is 0 Å². The summed E-state index contributed by atoms with van der Waals surface area (Å²) >= 11 is 0. The summed E-state index contributed by atoms with van der Waals surface area (Å²) in [6.45, 7) is 1.93. The first-order chi connectivity index (χ1) is 3.77. The predicted octanol–water partition coefficient (Wildman–Crippen LogP) is 1.14. The predicted molar refractivity (Wildman–Crippen MR) is 31.9 cm³/mol. The molecule has 0 atom stereocenters. The van der Waals surface area contributed by atoms with Gasteiger partial charge in [-0.25, -0.2) is 0 Å². The quantitative estimate of drug-likeness (QED) is 0.451. The summed E-state index contributed by atoms with van der Waals surface area (Å²) < 4.78 is 4.28. The molecule has 8 heavy (non-hydrogen) atoms. The summed E-state index contributed by atoms with van der Waals surface area (Å²) in [5, 5.41) is 0. The fourth-order valence-electron chi connectivity index (χ4n) is 0.194. The van der Waals surface area contributed by atoms with Gasteiger partial charge in [0.1, 0.15) is 0 Å². The summed E-state index contributed by atoms with van der Waals surface area (Å²) in [5.41, 5.74) is 0. The van der Waals surface area contributed by atoms with Crippen LogP contribution in [0.1, 0.15) is 13.3 Å². The molecule has 0 bridgehead atoms. The van der Waals surface area contributed by atoms with Gasteiger partial charge in [-0.3, -0.25) is 0 Å². The summed E-state index contributed by atoms with van der Waals surface area (Å²) in [5.74, 6) is 0. The molecule has 0 spiro atoms. The normalized spacial score (nSPS) is 11.0. The van der Waals surface area contributed by atoms with E-state index in [0.29, 0.717) is 0 Å². The van der Waals surface area contributed by atoms with Crippen LogP contribution in [0.15, 0.2) is 12.3 Å². The van der Waals surface area contributed by atoms with Crippen molar-refractivity contribution in [3.05, 3.63) is 12.3 Å². The zero-order valence-electron chi connectivity index (χ0n) is 4.61. The Labute approximate surface area is 49.6 Å². The molecule has 0 amide bonds. The van der Waals surface area contributed by atoms with E-state index < -0.39 is 8.60 Å². The SMILES string of the molecule is CCC=COP(O)O. The van der Waals surface area contributed by atoms with Gasteiger partial charge in [0.15, 0.2) is 0 Å². The average Bonchev–Trinajstić information content (AvgIpc) is 1.66. The van der Waals surface area contributed by atoms with Crippen LogP contribution in [0.4, 0.5) is 0 Å². The van der Waals surface area contributed by atoms with Gasteiger partial charge in [0, 0.05) is 0 Å². The second-order valence-electron chi connectivity index (χ2n) is 1.14. The lowest BCUT2D eigenvalue weighted by Gasteiger charge is -1.95. The van der Waals surface area contributed by atoms with Crippen molar-refractivity contribution in [1.82, 2.24) is 0 Å². The Morgan fingerprint density at radius 1 is 1.62 bits per heavy atom. The molecule has 0 saturated heterocycles. The zero-order valence-corrected chi connectivity index (χ0v) is 5.51. The zero-order chi connectivity index (χ0) is 6.41. The molecular weight excluding hydrogens is 127 g/mol. The maximum atomic E-state index is 8.13. The fraction of sp³-hybridized carbons (Fsp3) is 0.500. The van der Waals surface area contributed by atoms with E-state index in [2.05, 4.69) is 4.52 Å². The van der Waals surface area contributed by atoms with E-state index in [1.54, 1.807) is 6.08 Å². The second-order valence-corrected chi connectivity index (χ2v) is 1.85. The third kappa shape index (κ3) is 5.89. The summed E-state index contributed by atoms with van der Waals surface area (Å²) in [6, 6.07) is 0. The first kappa shape index (κ1) is 7.89. The topological polar surface area (TPSA) is 49.7 Å². The molecule has 0 radical (unpaired) electrons. The van der Waals surface area contributed by atoms with Crippen LogP contribution in [0.2, 0.25) is 0 Å². The Kier molecular flexibility index (Phi) is 4.97. The molecule has 0 heterocycles. The van der Waals surface area contributed by atoms with E-state index in [4.69, 9.17) is 9.79 Å². The van der Waals surface area contributed by atoms with Crippen LogP contribution in [-0.2, 0) is 4.52 Å². The largest absolute Gasteiger partial charge is 0.435 e. The minimum Gasteiger partial charge on any atom is -0.435 e. The second kappa shape index (κ2) is 5.04. The number of allylic oxidation sites excluding steroid dienone is 1. The molecule has 3 nitrogen and oxygen atoms in total. The van der Waals surface area contributed by atoms with Gasteiger partial charge < -0.3 is 14.3 Å². The number of hydrogen-bond acceptors (Lipinski definition) is 3. The lowest BCUT2D eigenvalue weighted by molar-refractivity contribution is 0.342. The van der Waals surface area contributed by atoms with E-state index in [0.717, 1.165) is 6.42 Å². The average molecular weight is 136 g/mol. The van der Waals surface area contributed by atoms with E-state index >= 15 is 0 Å². The fourth-order valence-corrected chi connectivity index (χ4v) is 0.389. The highest BCUT2D eigenvalue weighted by Crippen LogP contribution is 2.24. The van der Waals surface area contributed by atoms with Gasteiger partial charge in [0.05, 0.1) is 6.26 Å². The van der Waals surface area contributed by atoms with Crippen molar-refractivity contribution in [1.29, 1.82) is 0 Å². The van der Waals surface area contributed by atoms with Crippen molar-refractivity contribution >= 4 is 8.60 Å². The molecule has 0 rings (SSSR count). The third-order valence-corrected chi connectivity index (χ3v) is 0.797. The lowest BCUT2D eigenvalue weighted by atomic mass is 10.5. The van der Waals surface area contributed by atoms with E-state index in [1.165, 1.54) is 6.26 Å². The van der Waals surface area contributed by atoms with Crippen LogP contribution in [0, 0.1) is 0 Å². The molecule has 0 saturated carbocycles. The molecule has 0 aliphatic carbocycles. The van der Waals surface area contributed by atoms with Gasteiger partial charge in [0.25, 0.3) is 0 Å². The summed E-state index contributed by atoms with van der Waals surface area (Å²) in [6.07, 6.45) is 3.82. The van der Waals surface area contributed by atoms with Crippen LogP contribution >= 0.6 is 8.60 Å². The van der Waals surface area contributed by atoms with Crippen molar-refractivity contribution in [3.8, 4) is 0 Å². The minimum absolute atomic E-state index is 0.836. The van der Waals surface area contributed by atoms with Crippen molar-refractivity contribution in [3.63, 3.8) is 0 Å². The summed E-state index contributed by atoms with van der Waals surface area (Å²) in [7, 11) is -2.20. The minimum atomic E-state index is -2.20. The van der Waals surface area contributed by atoms with Gasteiger partial charge >= 0.3 is 8.60 Å². The Morgan fingerprint density at radius 2 is 2.25 bits per heavy atom. The van der Waals surface area contributed by atoms with E-state index in [9.17, 15) is 0 Å². The lowest BCUT2D eigenvalue weighted by Crippen LogP contribution is -1.69. The smallest absolute Gasteiger partial charge is 0.390 e. The Morgan fingerprint density at radius 3 is 2.62 bits per heavy atom. The highest BCUT2D eigenvalue weighted by Gasteiger charge is 1.91. The van der Waals surface area contributed by atoms with Crippen molar-refractivity contribution in [2.24, 2.45) is 0 Å². The molecule has 4 heteroatoms. The Bertz CT molecular complexity index is 71.7. The maximum absolute atomic E-state index is 8.13. The summed E-state index contributed by atoms with van der Waals surface area (Å²) in [4.78, 5) is 16.3. The Balaban J connectivity index is 3.03. The molecule has 0 fully saturated rings. The third-order valence-electron chi connectivity index (χ3n) is 0.487. The van der Waals surface area contributed by atoms with Gasteiger partial charge in [-0.05, 0) is 12.5 Å². The van der Waals surface area contributed by atoms with Crippen molar-refractivity contribution in [2.45, 2.75) is 13.3 Å². The Hall–Kier alpha value is -0.110. The van der Waals surface area contributed by atoms with E-state index in [1.807, 2.05) is 6.92 Å². The van der Waals surface area contributed by atoms with Gasteiger partial charge in [0.2, 0.25) is 0 Å². The molecule has 0 unspecified atom stereocenters.